The van der Waals surface area contributed by atoms with Crippen molar-refractivity contribution in [2.75, 3.05) is 17.2 Å². The van der Waals surface area contributed by atoms with Gasteiger partial charge in [0.1, 0.15) is 11.6 Å². The predicted octanol–water partition coefficient (Wildman–Crippen LogP) is 4.92. The van der Waals surface area contributed by atoms with Crippen molar-refractivity contribution in [2.45, 2.75) is 6.42 Å². The Hall–Kier alpha value is -2.99. The molecule has 0 saturated carbocycles. The van der Waals surface area contributed by atoms with Crippen molar-refractivity contribution < 1.29 is 13.6 Å². The first kappa shape index (κ1) is 18.8. The molecule has 0 fully saturated rings. The first-order valence-corrected chi connectivity index (χ1v) is 8.59. The van der Waals surface area contributed by atoms with E-state index >= 15 is 0 Å². The van der Waals surface area contributed by atoms with Crippen LogP contribution in [-0.4, -0.2) is 17.4 Å². The average molecular weight is 388 g/mol. The van der Waals surface area contributed by atoms with Gasteiger partial charge in [-0.3, -0.25) is 9.78 Å². The maximum Gasteiger partial charge on any atom is 0.257 e. The van der Waals surface area contributed by atoms with Crippen LogP contribution >= 0.6 is 11.6 Å². The van der Waals surface area contributed by atoms with E-state index in [1.165, 1.54) is 36.5 Å². The lowest BCUT2D eigenvalue weighted by Gasteiger charge is -2.09. The van der Waals surface area contributed by atoms with Gasteiger partial charge in [-0.05, 0) is 48.4 Å². The van der Waals surface area contributed by atoms with E-state index in [2.05, 4.69) is 15.6 Å². The molecule has 0 unspecified atom stereocenters. The second-order valence-corrected chi connectivity index (χ2v) is 6.26. The molecule has 0 aliphatic heterocycles. The third-order valence-corrected chi connectivity index (χ3v) is 4.12. The SMILES string of the molecule is O=C(Nc1ccc(F)c(Cl)c1)c1cncc(NCCc2ccc(F)cc2)c1. The van der Waals surface area contributed by atoms with E-state index < -0.39 is 5.82 Å². The molecule has 1 aromatic heterocycles. The number of halogens is 3. The highest BCUT2D eigenvalue weighted by atomic mass is 35.5. The Morgan fingerprint density at radius 2 is 1.78 bits per heavy atom. The zero-order valence-corrected chi connectivity index (χ0v) is 14.9. The predicted molar refractivity (Wildman–Crippen MR) is 102 cm³/mol. The number of pyridine rings is 1. The lowest BCUT2D eigenvalue weighted by molar-refractivity contribution is 0.102. The Balaban J connectivity index is 1.59. The van der Waals surface area contributed by atoms with Crippen molar-refractivity contribution in [2.24, 2.45) is 0 Å². The number of hydrogen-bond donors (Lipinski definition) is 2. The molecule has 1 amide bonds. The number of benzene rings is 2. The van der Waals surface area contributed by atoms with Crippen LogP contribution in [0.25, 0.3) is 0 Å². The van der Waals surface area contributed by atoms with E-state index in [1.54, 1.807) is 24.4 Å². The quantitative estimate of drug-likeness (QED) is 0.631. The molecule has 3 aromatic rings. The van der Waals surface area contributed by atoms with Gasteiger partial charge in [-0.1, -0.05) is 23.7 Å². The molecule has 0 aliphatic rings. The van der Waals surface area contributed by atoms with E-state index in [4.69, 9.17) is 11.6 Å². The molecule has 0 saturated heterocycles. The second kappa shape index (κ2) is 8.60. The minimum atomic E-state index is -0.552. The Labute approximate surface area is 160 Å². The summed E-state index contributed by atoms with van der Waals surface area (Å²) in [7, 11) is 0. The number of hydrogen-bond acceptors (Lipinski definition) is 3. The Morgan fingerprint density at radius 3 is 2.52 bits per heavy atom. The van der Waals surface area contributed by atoms with Crippen LogP contribution in [0.1, 0.15) is 15.9 Å². The summed E-state index contributed by atoms with van der Waals surface area (Å²) in [5.41, 5.74) is 2.42. The number of nitrogens with one attached hydrogen (secondary N) is 2. The van der Waals surface area contributed by atoms with Crippen LogP contribution < -0.4 is 10.6 Å². The highest BCUT2D eigenvalue weighted by Crippen LogP contribution is 2.20. The van der Waals surface area contributed by atoms with E-state index in [-0.39, 0.29) is 16.7 Å². The largest absolute Gasteiger partial charge is 0.383 e. The minimum absolute atomic E-state index is 0.0675. The van der Waals surface area contributed by atoms with Crippen molar-refractivity contribution in [1.82, 2.24) is 4.98 Å². The molecule has 138 valence electrons. The summed E-state index contributed by atoms with van der Waals surface area (Å²) in [6.07, 6.45) is 3.74. The number of nitrogens with zero attached hydrogens (tertiary/aromatic N) is 1. The lowest BCUT2D eigenvalue weighted by Crippen LogP contribution is -2.13. The molecule has 1 heterocycles. The standard InChI is InChI=1S/C20H16ClF2N3O/c21-18-10-16(5-6-19(18)23)26-20(27)14-9-17(12-24-11-14)25-8-7-13-1-3-15(22)4-2-13/h1-6,9-12,25H,7-8H2,(H,26,27). The van der Waals surface area contributed by atoms with Crippen LogP contribution in [0.15, 0.2) is 60.9 Å². The highest BCUT2D eigenvalue weighted by molar-refractivity contribution is 6.31. The maximum absolute atomic E-state index is 13.2. The molecule has 0 aliphatic carbocycles. The van der Waals surface area contributed by atoms with Crippen molar-refractivity contribution in [1.29, 1.82) is 0 Å². The molecule has 0 atom stereocenters. The normalized spacial score (nSPS) is 10.5. The van der Waals surface area contributed by atoms with Crippen LogP contribution in [0.5, 0.6) is 0 Å². The number of carbonyl (C=O) groups is 1. The van der Waals surface area contributed by atoms with E-state index in [1.807, 2.05) is 0 Å². The molecular weight excluding hydrogens is 372 g/mol. The Kier molecular flexibility index (Phi) is 5.98. The Bertz CT molecular complexity index is 948. The molecule has 27 heavy (non-hydrogen) atoms. The molecule has 3 rings (SSSR count). The first-order chi connectivity index (χ1) is 13.0. The van der Waals surface area contributed by atoms with Gasteiger partial charge in [-0.2, -0.15) is 0 Å². The smallest absolute Gasteiger partial charge is 0.257 e. The van der Waals surface area contributed by atoms with Crippen LogP contribution in [-0.2, 0) is 6.42 Å². The summed E-state index contributed by atoms with van der Waals surface area (Å²) < 4.78 is 26.1. The Morgan fingerprint density at radius 1 is 1.00 bits per heavy atom. The number of anilines is 2. The molecule has 4 nitrogen and oxygen atoms in total. The fourth-order valence-corrected chi connectivity index (χ4v) is 2.62. The van der Waals surface area contributed by atoms with Gasteiger partial charge in [0.25, 0.3) is 5.91 Å². The minimum Gasteiger partial charge on any atom is -0.383 e. The topological polar surface area (TPSA) is 54.0 Å². The molecule has 2 N–H and O–H groups in total. The lowest BCUT2D eigenvalue weighted by atomic mass is 10.1. The van der Waals surface area contributed by atoms with Crippen LogP contribution in [0.2, 0.25) is 5.02 Å². The van der Waals surface area contributed by atoms with Gasteiger partial charge in [0.2, 0.25) is 0 Å². The third-order valence-electron chi connectivity index (χ3n) is 3.83. The van der Waals surface area contributed by atoms with Gasteiger partial charge < -0.3 is 10.6 Å². The van der Waals surface area contributed by atoms with Gasteiger partial charge in [0.15, 0.2) is 0 Å². The molecule has 0 spiro atoms. The van der Waals surface area contributed by atoms with E-state index in [0.29, 0.717) is 29.9 Å². The molecule has 2 aromatic carbocycles. The highest BCUT2D eigenvalue weighted by Gasteiger charge is 2.09. The van der Waals surface area contributed by atoms with Crippen molar-refractivity contribution in [3.63, 3.8) is 0 Å². The molecule has 0 radical (unpaired) electrons. The molecular formula is C20H16ClF2N3O. The zero-order chi connectivity index (χ0) is 19.2. The summed E-state index contributed by atoms with van der Waals surface area (Å²) in [5.74, 6) is -1.20. The fourth-order valence-electron chi connectivity index (χ4n) is 2.44. The zero-order valence-electron chi connectivity index (χ0n) is 14.2. The monoisotopic (exact) mass is 387 g/mol. The van der Waals surface area contributed by atoms with Gasteiger partial charge in [0.05, 0.1) is 16.3 Å². The second-order valence-electron chi connectivity index (χ2n) is 5.85. The summed E-state index contributed by atoms with van der Waals surface area (Å²) in [4.78, 5) is 16.4. The number of carbonyl (C=O) groups excluding carboxylic acids is 1. The van der Waals surface area contributed by atoms with Gasteiger partial charge >= 0.3 is 0 Å². The summed E-state index contributed by atoms with van der Waals surface area (Å²) >= 11 is 5.72. The van der Waals surface area contributed by atoms with E-state index in [9.17, 15) is 13.6 Å². The van der Waals surface area contributed by atoms with Crippen LogP contribution in [0, 0.1) is 11.6 Å². The molecule has 7 heteroatoms. The third kappa shape index (κ3) is 5.24. The number of amides is 1. The summed E-state index contributed by atoms with van der Waals surface area (Å²) in [5, 5.41) is 5.76. The fraction of sp³-hybridized carbons (Fsp3) is 0.100. The van der Waals surface area contributed by atoms with Crippen molar-refractivity contribution >= 4 is 28.9 Å². The van der Waals surface area contributed by atoms with Crippen LogP contribution in [0.3, 0.4) is 0 Å². The van der Waals surface area contributed by atoms with Crippen molar-refractivity contribution in [3.8, 4) is 0 Å². The van der Waals surface area contributed by atoms with Crippen LogP contribution in [0.4, 0.5) is 20.2 Å². The van der Waals surface area contributed by atoms with Gasteiger partial charge in [-0.25, -0.2) is 8.78 Å². The maximum atomic E-state index is 13.2. The first-order valence-electron chi connectivity index (χ1n) is 8.21. The summed E-state index contributed by atoms with van der Waals surface area (Å²) in [6, 6.07) is 11.9. The number of aromatic nitrogens is 1. The number of rotatable bonds is 6. The van der Waals surface area contributed by atoms with Gasteiger partial charge in [-0.15, -0.1) is 0 Å². The van der Waals surface area contributed by atoms with E-state index in [0.717, 1.165) is 5.56 Å². The average Bonchev–Trinajstić information content (AvgIpc) is 2.66. The van der Waals surface area contributed by atoms with Crippen molar-refractivity contribution in [3.05, 3.63) is 88.7 Å². The summed E-state index contributed by atoms with van der Waals surface area (Å²) in [6.45, 7) is 0.603. The van der Waals surface area contributed by atoms with Gasteiger partial charge in [0, 0.05) is 24.6 Å². The molecule has 0 bridgehead atoms.